The predicted octanol–water partition coefficient (Wildman–Crippen LogP) is 20.9. The molecular formula is C111H124N6O13. The van der Waals surface area contributed by atoms with Crippen LogP contribution in [-0.2, 0) is 119 Å². The minimum absolute atomic E-state index is 0.296. The molecule has 12 aromatic carbocycles. The average molecular weight is 1750 g/mol. The highest BCUT2D eigenvalue weighted by atomic mass is 16.5. The molecule has 0 aliphatic heterocycles. The first-order chi connectivity index (χ1) is 63.0. The molecule has 19 nitrogen and oxygen atoms in total. The van der Waals surface area contributed by atoms with Crippen LogP contribution < -0.4 is 45.6 Å². The molecular weight excluding hydrogens is 1630 g/mol. The fourth-order valence-electron chi connectivity index (χ4n) is 16.9. The van der Waals surface area contributed by atoms with Gasteiger partial charge in [0.2, 0.25) is 0 Å². The van der Waals surface area contributed by atoms with Gasteiger partial charge in [-0.3, -0.25) is 29.1 Å². The molecule has 0 radical (unpaired) electrons. The van der Waals surface area contributed by atoms with Crippen LogP contribution in [0.5, 0.6) is 34.5 Å². The summed E-state index contributed by atoms with van der Waals surface area (Å²) >= 11 is 0. The van der Waals surface area contributed by atoms with Crippen LogP contribution in [0.3, 0.4) is 0 Å². The second kappa shape index (κ2) is 47.5. The van der Waals surface area contributed by atoms with E-state index < -0.39 is 36.0 Å². The van der Waals surface area contributed by atoms with Crippen molar-refractivity contribution >= 4 is 28.9 Å². The van der Waals surface area contributed by atoms with Crippen molar-refractivity contribution in [2.45, 2.75) is 203 Å². The van der Waals surface area contributed by atoms with Crippen LogP contribution in [0.25, 0.3) is 11.0 Å². The smallest absolute Gasteiger partial charge is 0.320 e. The number of carbonyl (C=O) groups is 3. The maximum Gasteiger partial charge on any atom is 0.320 e. The molecule has 2 aliphatic carbocycles. The number of para-hydroxylation sites is 3. The van der Waals surface area contributed by atoms with E-state index in [-0.39, 0.29) is 0 Å². The molecule has 0 amide bonds. The Kier molecular flexibility index (Phi) is 34.6. The summed E-state index contributed by atoms with van der Waals surface area (Å²) in [7, 11) is 0. The lowest BCUT2D eigenvalue weighted by Gasteiger charge is -2.29. The molecule has 676 valence electrons. The Morgan fingerprint density at radius 1 is 0.323 bits per heavy atom. The van der Waals surface area contributed by atoms with Gasteiger partial charge < -0.3 is 65.4 Å². The van der Waals surface area contributed by atoms with Crippen molar-refractivity contribution in [2.75, 3.05) is 19.6 Å². The molecule has 130 heavy (non-hydrogen) atoms. The van der Waals surface area contributed by atoms with E-state index in [0.29, 0.717) is 129 Å². The first kappa shape index (κ1) is 94.8. The number of carboxylic acids is 3. The van der Waals surface area contributed by atoms with Crippen LogP contribution >= 0.6 is 0 Å². The zero-order valence-corrected chi connectivity index (χ0v) is 75.8. The Hall–Kier alpha value is -12.9. The number of aliphatic carboxylic acids is 3. The van der Waals surface area contributed by atoms with Crippen LogP contribution in [0.15, 0.2) is 272 Å². The molecule has 0 saturated heterocycles. The molecule has 0 bridgehead atoms. The van der Waals surface area contributed by atoms with Gasteiger partial charge in [-0.05, 0) is 198 Å². The van der Waals surface area contributed by atoms with Gasteiger partial charge >= 0.3 is 17.9 Å². The number of rotatable bonds is 42. The number of nitrogens with zero attached hydrogens (tertiary/aromatic N) is 3. The lowest BCUT2D eigenvalue weighted by atomic mass is 9.87. The van der Waals surface area contributed by atoms with Gasteiger partial charge in [-0.15, -0.1) is 0 Å². The van der Waals surface area contributed by atoms with E-state index in [4.69, 9.17) is 50.0 Å². The number of carboxylic acid groups (broad SMARTS) is 3. The Bertz CT molecular complexity index is 5930. The Morgan fingerprint density at radius 2 is 0.669 bits per heavy atom. The van der Waals surface area contributed by atoms with Crippen molar-refractivity contribution < 1.29 is 62.5 Å². The van der Waals surface area contributed by atoms with Gasteiger partial charge in [-0.2, -0.15) is 0 Å². The van der Waals surface area contributed by atoms with E-state index >= 15 is 0 Å². The van der Waals surface area contributed by atoms with Gasteiger partial charge in [0.15, 0.2) is 11.3 Å². The lowest BCUT2D eigenvalue weighted by Crippen LogP contribution is -2.35. The quantitative estimate of drug-likeness (QED) is 0.0208. The fraction of sp³-hybridized carbons (Fsp3) is 0.306. The Labute approximate surface area is 765 Å². The van der Waals surface area contributed by atoms with E-state index in [2.05, 4.69) is 208 Å². The predicted molar refractivity (Wildman–Crippen MR) is 513 cm³/mol. The van der Waals surface area contributed by atoms with Gasteiger partial charge in [0.25, 0.3) is 0 Å². The molecule has 1 heterocycles. The highest BCUT2D eigenvalue weighted by Gasteiger charge is 2.27. The third-order valence-electron chi connectivity index (χ3n) is 23.9. The molecule has 13 aromatic rings. The summed E-state index contributed by atoms with van der Waals surface area (Å²) < 4.78 is 44.2. The van der Waals surface area contributed by atoms with E-state index in [1.54, 1.807) is 6.26 Å². The van der Waals surface area contributed by atoms with Crippen LogP contribution in [-0.4, -0.2) is 85.7 Å². The average Bonchev–Trinajstić information content (AvgIpc) is 1.40. The summed E-state index contributed by atoms with van der Waals surface area (Å²) in [5.74, 6) is 1.92. The van der Waals surface area contributed by atoms with Crippen LogP contribution in [0, 0.1) is 41.5 Å². The standard InChI is InChI=1S/C38H44N2O4.C37H42N2O4.C36H38N2O5/c1-27-9-7-11-29(21-27)25-43-36-16-6-4-14-32(36)23-40(20-19-35(39)38(41)42)24-34-33-15-5-3-13-31(33)17-18-37(34)44-26-30-12-8-10-28(2)22-30;1-26-8-5-10-28(18-26)24-42-35-15-4-3-12-32(35)22-39(17-16-34(38)37(40)41)23-33-20-30-13-7-14-31(30)21-36(33)43-25-29-11-6-9-27(2)19-29;1-25-7-5-9-27(19-25)23-42-33-12-4-3-11-30(33)21-38(17-15-32(37)36(39)40)22-31-14-13-29-16-18-41-34(29)35(31)43-24-28-10-6-8-26(2)20-28/h4,6-12,14,16-18,21-22,35H,3,5,13,15,19-20,23-26,39H2,1-2H3,(H,41,42);3-6,8-12,15,18-21,34H,7,13-14,16-17,22-25,38H2,1-2H3,(H,40,41);3-14,16,18-20,32H,15,17,21-24,37H2,1-2H3,(H,39,40)/t35-;34-;32-/m000/s1. The number of nitrogens with two attached hydrogens (primary N) is 3. The summed E-state index contributed by atoms with van der Waals surface area (Å²) in [6, 6.07) is 86.2. The van der Waals surface area contributed by atoms with Crippen molar-refractivity contribution in [1.82, 2.24) is 14.7 Å². The summed E-state index contributed by atoms with van der Waals surface area (Å²) in [5, 5.41) is 29.4. The third-order valence-corrected chi connectivity index (χ3v) is 23.9. The number of hydrogen-bond acceptors (Lipinski definition) is 16. The van der Waals surface area contributed by atoms with E-state index in [9.17, 15) is 29.7 Å². The summed E-state index contributed by atoms with van der Waals surface area (Å²) in [4.78, 5) is 41.5. The minimum Gasteiger partial charge on any atom is -0.489 e. The molecule has 0 fully saturated rings. The third kappa shape index (κ3) is 28.3. The van der Waals surface area contributed by atoms with Crippen LogP contribution in [0.1, 0.15) is 161 Å². The second-order valence-corrected chi connectivity index (χ2v) is 34.7. The molecule has 15 rings (SSSR count). The van der Waals surface area contributed by atoms with Gasteiger partial charge in [0.1, 0.15) is 86.5 Å². The van der Waals surface area contributed by atoms with E-state index in [1.165, 1.54) is 67.6 Å². The Balaban J connectivity index is 0.000000166. The second-order valence-electron chi connectivity index (χ2n) is 34.7. The number of fused-ring (bicyclic) bond motifs is 3. The zero-order valence-electron chi connectivity index (χ0n) is 75.8. The first-order valence-electron chi connectivity index (χ1n) is 45.3. The monoisotopic (exact) mass is 1750 g/mol. The normalized spacial score (nSPS) is 12.8. The van der Waals surface area contributed by atoms with Crippen molar-refractivity contribution in [2.24, 2.45) is 17.2 Å². The number of furan rings is 1. The molecule has 3 atom stereocenters. The molecule has 9 N–H and O–H groups in total. The van der Waals surface area contributed by atoms with E-state index in [0.717, 1.165) is 134 Å². The van der Waals surface area contributed by atoms with Crippen molar-refractivity contribution in [3.63, 3.8) is 0 Å². The molecule has 2 aliphatic rings. The highest BCUT2D eigenvalue weighted by molar-refractivity contribution is 5.84. The number of aryl methyl sites for hydroxylation is 9. The molecule has 0 spiro atoms. The van der Waals surface area contributed by atoms with Gasteiger partial charge in [0, 0.05) is 97.7 Å². The molecule has 19 heteroatoms. The van der Waals surface area contributed by atoms with Crippen molar-refractivity contribution in [3.8, 4) is 34.5 Å². The zero-order chi connectivity index (χ0) is 91.3. The maximum atomic E-state index is 11.6. The Morgan fingerprint density at radius 3 is 1.08 bits per heavy atom. The molecule has 1 aromatic heterocycles. The summed E-state index contributed by atoms with van der Waals surface area (Å²) in [6.45, 7) is 20.2. The topological polar surface area (TPSA) is 268 Å². The van der Waals surface area contributed by atoms with E-state index in [1.807, 2.05) is 109 Å². The van der Waals surface area contributed by atoms with Gasteiger partial charge in [0.05, 0.1) is 6.26 Å². The minimum atomic E-state index is -1.01. The SMILES string of the molecule is Cc1cccc(COc2ccccc2CN(CC[C@H](N)C(=O)O)Cc2c(OCc3cccc(C)c3)ccc3c2CCCC3)c1.Cc1cccc(COc2ccccc2CN(CC[C@H](N)C(=O)O)Cc2cc3c(cc2OCc2cccc(C)c2)CCC3)c1.Cc1cccc(COc2ccccc2CN(CC[C@H](N)C(=O)O)Cc2ccc3ccoc3c2OCc2cccc(C)c2)c1. The van der Waals surface area contributed by atoms with Crippen molar-refractivity contribution in [1.29, 1.82) is 0 Å². The molecule has 0 unspecified atom stereocenters. The number of hydrogen-bond donors (Lipinski definition) is 6. The maximum absolute atomic E-state index is 11.6. The summed E-state index contributed by atoms with van der Waals surface area (Å²) in [6.07, 6.45) is 10.4. The van der Waals surface area contributed by atoms with Gasteiger partial charge in [-0.1, -0.05) is 258 Å². The summed E-state index contributed by atoms with van der Waals surface area (Å²) in [5.41, 5.74) is 44.2. The van der Waals surface area contributed by atoms with Crippen molar-refractivity contribution in [3.05, 3.63) is 390 Å². The van der Waals surface area contributed by atoms with Crippen LogP contribution in [0.2, 0.25) is 0 Å². The lowest BCUT2D eigenvalue weighted by molar-refractivity contribution is -0.139. The van der Waals surface area contributed by atoms with Crippen LogP contribution in [0.4, 0.5) is 0 Å². The first-order valence-corrected chi connectivity index (χ1v) is 45.3. The number of ether oxygens (including phenoxy) is 6. The van der Waals surface area contributed by atoms with Gasteiger partial charge in [-0.25, -0.2) is 0 Å². The molecule has 0 saturated carbocycles. The highest BCUT2D eigenvalue weighted by Crippen LogP contribution is 2.38. The number of benzene rings is 12. The fourth-order valence-corrected chi connectivity index (χ4v) is 16.9. The largest absolute Gasteiger partial charge is 0.489 e.